The zero-order chi connectivity index (χ0) is 16.9. The molecule has 2 nitrogen and oxygen atoms in total. The van der Waals surface area contributed by atoms with E-state index in [1.165, 1.54) is 0 Å². The second kappa shape index (κ2) is 3.54. The van der Waals surface area contributed by atoms with Gasteiger partial charge in [0, 0.05) is 14.5 Å². The van der Waals surface area contributed by atoms with Gasteiger partial charge in [0.05, 0.1) is 11.2 Å². The van der Waals surface area contributed by atoms with Crippen molar-refractivity contribution in [1.82, 2.24) is 4.98 Å². The standard InChI is InChI=1S/C7H10BrNOS/c1-4(2)5-6(8)9-7(10-3)11-5/h4H,1-3H3/i1D3,2D3,3D3,4D. The lowest BCUT2D eigenvalue weighted by atomic mass is 10.2. The van der Waals surface area contributed by atoms with Gasteiger partial charge < -0.3 is 4.74 Å². The second-order valence-electron chi connectivity index (χ2n) is 1.58. The van der Waals surface area contributed by atoms with Crippen molar-refractivity contribution in [2.24, 2.45) is 0 Å². The molecule has 62 valence electrons. The molecule has 0 N–H and O–H groups in total. The van der Waals surface area contributed by atoms with Crippen molar-refractivity contribution in [3.8, 4) is 5.19 Å². The molecular weight excluding hydrogens is 226 g/mol. The van der Waals surface area contributed by atoms with Gasteiger partial charge in [-0.05, 0) is 21.8 Å². The maximum atomic E-state index is 7.97. The lowest BCUT2D eigenvalue weighted by Crippen LogP contribution is -1.81. The van der Waals surface area contributed by atoms with Gasteiger partial charge in [-0.1, -0.05) is 25.0 Å². The van der Waals surface area contributed by atoms with Crippen LogP contribution in [0.5, 0.6) is 5.19 Å². The number of methoxy groups -OCH3 is 1. The number of rotatable bonds is 2. The predicted molar refractivity (Wildman–Crippen MR) is 50.5 cm³/mol. The van der Waals surface area contributed by atoms with Crippen LogP contribution in [-0.4, -0.2) is 12.0 Å². The van der Waals surface area contributed by atoms with E-state index in [2.05, 4.69) is 25.7 Å². The van der Waals surface area contributed by atoms with E-state index in [9.17, 15) is 0 Å². The average Bonchev–Trinajstić information content (AvgIpc) is 2.51. The molecule has 0 amide bonds. The zero-order valence-corrected chi connectivity index (χ0v) is 7.54. The van der Waals surface area contributed by atoms with Crippen LogP contribution in [-0.2, 0) is 0 Å². The Hall–Kier alpha value is -0.0900. The molecule has 0 saturated heterocycles. The zero-order valence-electron chi connectivity index (χ0n) is 15.1. The molecule has 1 aromatic rings. The molecule has 0 radical (unpaired) electrons. The van der Waals surface area contributed by atoms with Crippen molar-refractivity contribution in [2.75, 3.05) is 7.04 Å². The van der Waals surface area contributed by atoms with Crippen LogP contribution in [0.25, 0.3) is 0 Å². The van der Waals surface area contributed by atoms with Crippen LogP contribution in [0.4, 0.5) is 0 Å². The summed E-state index contributed by atoms with van der Waals surface area (Å²) in [5.74, 6) is -2.95. The minimum absolute atomic E-state index is 0.242. The van der Waals surface area contributed by atoms with Gasteiger partial charge in [-0.3, -0.25) is 0 Å². The molecule has 0 bridgehead atoms. The minimum atomic E-state index is -3.18. The number of hydrogen-bond donors (Lipinski definition) is 0. The van der Waals surface area contributed by atoms with Gasteiger partial charge >= 0.3 is 0 Å². The van der Waals surface area contributed by atoms with Gasteiger partial charge in [0.1, 0.15) is 4.60 Å². The van der Waals surface area contributed by atoms with Crippen LogP contribution in [0.1, 0.15) is 38.2 Å². The van der Waals surface area contributed by atoms with E-state index in [0.717, 1.165) is 0 Å². The third kappa shape index (κ3) is 1.93. The molecule has 1 aromatic heterocycles. The van der Waals surface area contributed by atoms with Crippen LogP contribution in [0.15, 0.2) is 4.60 Å². The number of halogens is 1. The number of thiazole rings is 1. The summed E-state index contributed by atoms with van der Waals surface area (Å²) in [6.07, 6.45) is 0. The Morgan fingerprint density at radius 3 is 3.27 bits per heavy atom. The molecule has 4 heteroatoms. The molecule has 0 aliphatic carbocycles. The first-order valence-corrected chi connectivity index (χ1v) is 4.06. The first-order valence-electron chi connectivity index (χ1n) is 7.45. The van der Waals surface area contributed by atoms with E-state index in [-0.39, 0.29) is 4.60 Å². The van der Waals surface area contributed by atoms with Crippen molar-refractivity contribution >= 4 is 27.3 Å². The first-order chi connectivity index (χ1) is 9.09. The third-order valence-electron chi connectivity index (χ3n) is 0.881. The quantitative estimate of drug-likeness (QED) is 0.800. The largest absolute Gasteiger partial charge is 0.473 e. The predicted octanol–water partition coefficient (Wildman–Crippen LogP) is 3.04. The summed E-state index contributed by atoms with van der Waals surface area (Å²) < 4.78 is 77.2. The SMILES string of the molecule is [2H]C([2H])([2H])Oc1nc(Br)c(C([2H])(C([2H])([2H])[2H])C([2H])([2H])[2H])s1. The summed E-state index contributed by atoms with van der Waals surface area (Å²) in [4.78, 5) is 3.18. The summed E-state index contributed by atoms with van der Waals surface area (Å²) in [6, 6.07) is 0. The summed E-state index contributed by atoms with van der Waals surface area (Å²) in [6.45, 7) is -6.35. The third-order valence-corrected chi connectivity index (χ3v) is 2.67. The van der Waals surface area contributed by atoms with Crippen molar-refractivity contribution in [2.45, 2.75) is 19.6 Å². The number of nitrogens with zero attached hydrogens (tertiary/aromatic N) is 1. The molecule has 0 aliphatic heterocycles. The molecule has 0 spiro atoms. The second-order valence-corrected chi connectivity index (χ2v) is 3.29. The maximum Gasteiger partial charge on any atom is 0.274 e. The van der Waals surface area contributed by atoms with E-state index in [1.54, 1.807) is 0 Å². The van der Waals surface area contributed by atoms with Crippen molar-refractivity contribution in [3.05, 3.63) is 9.48 Å². The average molecular weight is 246 g/mol. The number of hydrogen-bond acceptors (Lipinski definition) is 3. The first kappa shape index (κ1) is 2.45. The molecule has 0 atom stereocenters. The van der Waals surface area contributed by atoms with Gasteiger partial charge in [-0.2, -0.15) is 4.98 Å². The lowest BCUT2D eigenvalue weighted by Gasteiger charge is -1.97. The smallest absolute Gasteiger partial charge is 0.274 e. The lowest BCUT2D eigenvalue weighted by molar-refractivity contribution is 0.411. The van der Waals surface area contributed by atoms with E-state index in [0.29, 0.717) is 11.3 Å². The normalized spacial score (nSPS) is 28.5. The van der Waals surface area contributed by atoms with Gasteiger partial charge in [-0.15, -0.1) is 0 Å². The Balaban J connectivity index is 3.42. The van der Waals surface area contributed by atoms with Crippen LogP contribution in [0.3, 0.4) is 0 Å². The van der Waals surface area contributed by atoms with Crippen molar-refractivity contribution < 1.29 is 18.4 Å². The van der Waals surface area contributed by atoms with Gasteiger partial charge in [0.25, 0.3) is 5.19 Å². The van der Waals surface area contributed by atoms with Crippen molar-refractivity contribution in [1.29, 1.82) is 0 Å². The van der Waals surface area contributed by atoms with Gasteiger partial charge in [0.15, 0.2) is 0 Å². The van der Waals surface area contributed by atoms with Crippen LogP contribution < -0.4 is 4.74 Å². The summed E-state index contributed by atoms with van der Waals surface area (Å²) in [5.41, 5.74) is 0. The molecule has 0 saturated carbocycles. The maximum absolute atomic E-state index is 7.97. The summed E-state index contributed by atoms with van der Waals surface area (Å²) >= 11 is 3.26. The van der Waals surface area contributed by atoms with Crippen LogP contribution >= 0.6 is 27.3 Å². The fourth-order valence-electron chi connectivity index (χ4n) is 0.481. The highest BCUT2D eigenvalue weighted by Crippen LogP contribution is 2.33. The summed E-state index contributed by atoms with van der Waals surface area (Å²) in [7, 11) is -2.82. The molecule has 0 aromatic carbocycles. The molecule has 0 fully saturated rings. The highest BCUT2D eigenvalue weighted by molar-refractivity contribution is 9.10. The van der Waals surface area contributed by atoms with E-state index < -0.39 is 36.7 Å². The van der Waals surface area contributed by atoms with Gasteiger partial charge in [-0.25, -0.2) is 0 Å². The topological polar surface area (TPSA) is 22.1 Å². The Labute approximate surface area is 92.8 Å². The molecule has 1 heterocycles. The van der Waals surface area contributed by atoms with Crippen molar-refractivity contribution in [3.63, 3.8) is 0 Å². The molecular formula is C7H10BrNOS. The molecule has 0 aliphatic rings. The van der Waals surface area contributed by atoms with Crippen LogP contribution in [0, 0.1) is 0 Å². The monoisotopic (exact) mass is 245 g/mol. The Morgan fingerprint density at radius 2 is 2.64 bits per heavy atom. The Bertz CT molecular complexity index is 503. The molecule has 0 unspecified atom stereocenters. The highest BCUT2D eigenvalue weighted by Gasteiger charge is 2.11. The molecule has 1 rings (SSSR count). The van der Waals surface area contributed by atoms with E-state index in [1.807, 2.05) is 0 Å². The van der Waals surface area contributed by atoms with Gasteiger partial charge in [0.2, 0.25) is 0 Å². The van der Waals surface area contributed by atoms with E-state index in [4.69, 9.17) is 13.7 Å². The highest BCUT2D eigenvalue weighted by atomic mass is 79.9. The number of aromatic nitrogens is 1. The fraction of sp³-hybridized carbons (Fsp3) is 0.571. The molecule has 11 heavy (non-hydrogen) atoms. The Kier molecular flexibility index (Phi) is 0.788. The fourth-order valence-corrected chi connectivity index (χ4v) is 1.79. The van der Waals surface area contributed by atoms with E-state index >= 15 is 0 Å². The minimum Gasteiger partial charge on any atom is -0.473 e. The Morgan fingerprint density at radius 1 is 1.82 bits per heavy atom. The number of ether oxygens (including phenoxy) is 1. The van der Waals surface area contributed by atoms with Crippen LogP contribution in [0.2, 0.25) is 0 Å². The summed E-state index contributed by atoms with van der Waals surface area (Å²) in [5, 5.41) is -0.443.